The van der Waals surface area contributed by atoms with E-state index >= 15 is 0 Å². The van der Waals surface area contributed by atoms with Gasteiger partial charge in [0.25, 0.3) is 5.91 Å². The third kappa shape index (κ3) is 4.97. The molecule has 0 saturated heterocycles. The number of hydrogen-bond acceptors (Lipinski definition) is 4. The summed E-state index contributed by atoms with van der Waals surface area (Å²) >= 11 is 0. The van der Waals surface area contributed by atoms with Gasteiger partial charge in [0.05, 0.1) is 7.11 Å². The largest absolute Gasteiger partial charge is 0.469 e. The topological polar surface area (TPSA) is 68.5 Å². The number of carbonyl (C=O) groups is 2. The van der Waals surface area contributed by atoms with Gasteiger partial charge in [0.15, 0.2) is 5.76 Å². The van der Waals surface area contributed by atoms with Crippen molar-refractivity contribution in [2.24, 2.45) is 0 Å². The van der Waals surface area contributed by atoms with Crippen LogP contribution in [0, 0.1) is 0 Å². The first-order chi connectivity index (χ1) is 12.3. The van der Waals surface area contributed by atoms with E-state index in [0.717, 1.165) is 16.9 Å². The maximum absolute atomic E-state index is 12.5. The first-order valence-corrected chi connectivity index (χ1v) is 8.92. The zero-order chi connectivity index (χ0) is 19.3. The number of aryl methyl sites for hydroxylation is 1. The molecule has 1 amide bonds. The lowest BCUT2D eigenvalue weighted by molar-refractivity contribution is -0.140. The predicted molar refractivity (Wildman–Crippen MR) is 102 cm³/mol. The lowest BCUT2D eigenvalue weighted by Gasteiger charge is -2.07. The van der Waals surface area contributed by atoms with Crippen molar-refractivity contribution in [3.63, 3.8) is 0 Å². The predicted octanol–water partition coefficient (Wildman–Crippen LogP) is 4.88. The molecule has 0 radical (unpaired) electrons. The summed E-state index contributed by atoms with van der Waals surface area (Å²) in [5.41, 5.74) is 2.77. The number of nitrogens with one attached hydrogen (secondary N) is 1. The van der Waals surface area contributed by atoms with Gasteiger partial charge in [0.1, 0.15) is 5.76 Å². The molecule has 0 aliphatic heterocycles. The number of anilines is 1. The molecule has 0 spiro atoms. The van der Waals surface area contributed by atoms with Crippen LogP contribution in [0.1, 0.15) is 73.4 Å². The molecule has 0 fully saturated rings. The van der Waals surface area contributed by atoms with Crippen LogP contribution in [0.15, 0.2) is 34.7 Å². The minimum atomic E-state index is -0.263. The molecule has 0 bridgehead atoms. The number of rotatable bonds is 7. The van der Waals surface area contributed by atoms with Gasteiger partial charge in [-0.1, -0.05) is 39.8 Å². The Morgan fingerprint density at radius 2 is 1.73 bits per heavy atom. The van der Waals surface area contributed by atoms with Crippen molar-refractivity contribution >= 4 is 17.6 Å². The molecular weight excluding hydrogens is 330 g/mol. The van der Waals surface area contributed by atoms with Crippen LogP contribution in [-0.2, 0) is 16.0 Å². The molecule has 0 saturated carbocycles. The average molecular weight is 357 g/mol. The fourth-order valence-electron chi connectivity index (χ4n) is 2.73. The van der Waals surface area contributed by atoms with Crippen LogP contribution in [0.25, 0.3) is 0 Å². The van der Waals surface area contributed by atoms with Gasteiger partial charge in [-0.25, -0.2) is 0 Å². The highest BCUT2D eigenvalue weighted by Gasteiger charge is 2.20. The van der Waals surface area contributed by atoms with Crippen LogP contribution in [-0.4, -0.2) is 19.0 Å². The van der Waals surface area contributed by atoms with Gasteiger partial charge in [0, 0.05) is 18.0 Å². The van der Waals surface area contributed by atoms with Crippen molar-refractivity contribution in [1.82, 2.24) is 0 Å². The summed E-state index contributed by atoms with van der Waals surface area (Å²) in [4.78, 5) is 23.7. The number of carbonyl (C=O) groups excluding carboxylic acids is 2. The molecule has 140 valence electrons. The van der Waals surface area contributed by atoms with Gasteiger partial charge in [0.2, 0.25) is 0 Å². The SMILES string of the molecule is COC(=O)CCc1ccc(NC(=O)c2cc(C(C)C)c(C(C)C)o2)cc1. The fraction of sp³-hybridized carbons (Fsp3) is 0.429. The normalized spacial score (nSPS) is 11.0. The minimum absolute atomic E-state index is 0.225. The van der Waals surface area contributed by atoms with Crippen molar-refractivity contribution in [3.05, 3.63) is 53.0 Å². The summed E-state index contributed by atoms with van der Waals surface area (Å²) in [5.74, 6) is 1.22. The van der Waals surface area contributed by atoms with Crippen LogP contribution in [0.3, 0.4) is 0 Å². The van der Waals surface area contributed by atoms with Crippen LogP contribution < -0.4 is 5.32 Å². The van der Waals surface area contributed by atoms with Crippen molar-refractivity contribution in [3.8, 4) is 0 Å². The Labute approximate surface area is 154 Å². The molecule has 2 aromatic rings. The van der Waals surface area contributed by atoms with Gasteiger partial charge < -0.3 is 14.5 Å². The van der Waals surface area contributed by atoms with E-state index in [1.165, 1.54) is 7.11 Å². The van der Waals surface area contributed by atoms with Crippen molar-refractivity contribution in [2.45, 2.75) is 52.4 Å². The molecule has 0 aliphatic rings. The molecule has 26 heavy (non-hydrogen) atoms. The second kappa shape index (κ2) is 8.70. The van der Waals surface area contributed by atoms with E-state index in [9.17, 15) is 9.59 Å². The minimum Gasteiger partial charge on any atom is -0.469 e. The third-order valence-electron chi connectivity index (χ3n) is 4.22. The van der Waals surface area contributed by atoms with Gasteiger partial charge in [-0.2, -0.15) is 0 Å². The lowest BCUT2D eigenvalue weighted by Crippen LogP contribution is -2.11. The van der Waals surface area contributed by atoms with E-state index in [1.54, 1.807) is 0 Å². The molecule has 1 aromatic heterocycles. The molecule has 1 N–H and O–H groups in total. The van der Waals surface area contributed by atoms with Crippen molar-refractivity contribution in [1.29, 1.82) is 0 Å². The number of furan rings is 1. The molecule has 1 aromatic carbocycles. The Hall–Kier alpha value is -2.56. The van der Waals surface area contributed by atoms with E-state index in [-0.39, 0.29) is 17.8 Å². The quantitative estimate of drug-likeness (QED) is 0.717. The van der Waals surface area contributed by atoms with Gasteiger partial charge in [-0.3, -0.25) is 9.59 Å². The fourth-order valence-corrected chi connectivity index (χ4v) is 2.73. The van der Waals surface area contributed by atoms with E-state index < -0.39 is 0 Å². The molecule has 0 aliphatic carbocycles. The van der Waals surface area contributed by atoms with Crippen LogP contribution in [0.5, 0.6) is 0 Å². The Morgan fingerprint density at radius 3 is 2.23 bits per heavy atom. The Morgan fingerprint density at radius 1 is 1.08 bits per heavy atom. The molecule has 1 heterocycles. The number of esters is 1. The average Bonchev–Trinajstić information content (AvgIpc) is 3.07. The molecular formula is C21H27NO4. The maximum atomic E-state index is 12.5. The smallest absolute Gasteiger partial charge is 0.305 e. The van der Waals surface area contributed by atoms with E-state index in [2.05, 4.69) is 37.7 Å². The summed E-state index contributed by atoms with van der Waals surface area (Å²) in [7, 11) is 1.38. The first-order valence-electron chi connectivity index (χ1n) is 8.92. The standard InChI is InChI=1S/C21H27NO4/c1-13(2)17-12-18(26-20(17)14(3)4)21(24)22-16-9-6-15(7-10-16)8-11-19(23)25-5/h6-7,9-10,12-14H,8,11H2,1-5H3,(H,22,24). The second-order valence-electron chi connectivity index (χ2n) is 6.97. The summed E-state index contributed by atoms with van der Waals surface area (Å²) in [6.45, 7) is 8.29. The molecule has 5 nitrogen and oxygen atoms in total. The number of hydrogen-bond donors (Lipinski definition) is 1. The molecule has 0 unspecified atom stereocenters. The maximum Gasteiger partial charge on any atom is 0.305 e. The number of benzene rings is 1. The Bertz CT molecular complexity index is 731. The number of amides is 1. The Kier molecular flexibility index (Phi) is 6.61. The summed E-state index contributed by atoms with van der Waals surface area (Å²) in [6.07, 6.45) is 0.944. The highest BCUT2D eigenvalue weighted by Crippen LogP contribution is 2.29. The first kappa shape index (κ1) is 19.8. The summed E-state index contributed by atoms with van der Waals surface area (Å²) in [6, 6.07) is 9.25. The lowest BCUT2D eigenvalue weighted by atomic mass is 9.98. The van der Waals surface area contributed by atoms with Crippen molar-refractivity contribution in [2.75, 3.05) is 12.4 Å². The second-order valence-corrected chi connectivity index (χ2v) is 6.97. The molecule has 0 atom stereocenters. The van der Waals surface area contributed by atoms with E-state index in [1.807, 2.05) is 30.3 Å². The van der Waals surface area contributed by atoms with Crippen LogP contribution in [0.2, 0.25) is 0 Å². The van der Waals surface area contributed by atoms with Crippen molar-refractivity contribution < 1.29 is 18.7 Å². The highest BCUT2D eigenvalue weighted by atomic mass is 16.5. The monoisotopic (exact) mass is 357 g/mol. The Balaban J connectivity index is 2.05. The van der Waals surface area contributed by atoms with E-state index in [4.69, 9.17) is 4.42 Å². The third-order valence-corrected chi connectivity index (χ3v) is 4.22. The number of methoxy groups -OCH3 is 1. The molecule has 2 rings (SSSR count). The molecule has 5 heteroatoms. The van der Waals surface area contributed by atoms with Gasteiger partial charge in [-0.05, 0) is 41.7 Å². The zero-order valence-corrected chi connectivity index (χ0v) is 16.1. The number of ether oxygens (including phenoxy) is 1. The zero-order valence-electron chi connectivity index (χ0n) is 16.1. The van der Waals surface area contributed by atoms with Gasteiger partial charge >= 0.3 is 5.97 Å². The summed E-state index contributed by atoms with van der Waals surface area (Å²) < 4.78 is 10.4. The summed E-state index contributed by atoms with van der Waals surface area (Å²) in [5, 5.41) is 2.86. The highest BCUT2D eigenvalue weighted by molar-refractivity contribution is 6.02. The van der Waals surface area contributed by atoms with Gasteiger partial charge in [-0.15, -0.1) is 0 Å². The van der Waals surface area contributed by atoms with E-state index in [0.29, 0.717) is 30.2 Å². The van der Waals surface area contributed by atoms with Crippen LogP contribution >= 0.6 is 0 Å². The van der Waals surface area contributed by atoms with Crippen LogP contribution in [0.4, 0.5) is 5.69 Å².